The van der Waals surface area contributed by atoms with Crippen LogP contribution in [0.4, 0.5) is 0 Å². The highest BCUT2D eigenvalue weighted by Crippen LogP contribution is 2.13. The first kappa shape index (κ1) is 12.4. The van der Waals surface area contributed by atoms with Gasteiger partial charge in [0.15, 0.2) is 0 Å². The molecule has 0 amide bonds. The van der Waals surface area contributed by atoms with E-state index >= 15 is 0 Å². The normalized spacial score (nSPS) is 11.3. The average molecular weight is 190 g/mol. The summed E-state index contributed by atoms with van der Waals surface area (Å²) in [6, 6.07) is 0. The molecule has 0 rings (SSSR count). The molecule has 0 heterocycles. The standard InChI is InChI=1S/C9H18O4/c1-4-6-11-9(3,13-8-10)12-7-5-2/h8H,4-7H2,1-3H3. The molecule has 0 atom stereocenters. The molecule has 0 bridgehead atoms. The zero-order valence-corrected chi connectivity index (χ0v) is 8.54. The third-order valence-electron chi connectivity index (χ3n) is 1.40. The van der Waals surface area contributed by atoms with E-state index in [2.05, 4.69) is 0 Å². The number of hydrogen-bond acceptors (Lipinski definition) is 4. The van der Waals surface area contributed by atoms with E-state index in [0.717, 1.165) is 12.8 Å². The van der Waals surface area contributed by atoms with E-state index in [1.54, 1.807) is 6.92 Å². The lowest BCUT2D eigenvalue weighted by Gasteiger charge is -2.26. The van der Waals surface area contributed by atoms with Crippen molar-refractivity contribution < 1.29 is 19.0 Å². The summed E-state index contributed by atoms with van der Waals surface area (Å²) in [5.74, 6) is -1.21. The lowest BCUT2D eigenvalue weighted by molar-refractivity contribution is -0.347. The van der Waals surface area contributed by atoms with Crippen LogP contribution in [0.2, 0.25) is 0 Å². The summed E-state index contributed by atoms with van der Waals surface area (Å²) in [4.78, 5) is 10.2. The van der Waals surface area contributed by atoms with Gasteiger partial charge in [-0.2, -0.15) is 0 Å². The second-order valence-corrected chi connectivity index (χ2v) is 2.77. The minimum atomic E-state index is -1.21. The molecule has 0 aliphatic carbocycles. The fraction of sp³-hybridized carbons (Fsp3) is 0.889. The lowest BCUT2D eigenvalue weighted by atomic mass is 10.5. The Labute approximate surface area is 79.2 Å². The zero-order chi connectivity index (χ0) is 10.2. The maximum absolute atomic E-state index is 10.2. The van der Waals surface area contributed by atoms with Gasteiger partial charge in [-0.15, -0.1) is 0 Å². The molecule has 0 aromatic heterocycles. The minimum Gasteiger partial charge on any atom is -0.410 e. The Morgan fingerprint density at radius 2 is 1.62 bits per heavy atom. The predicted octanol–water partition coefficient (Wildman–Crippen LogP) is 1.69. The Bertz CT molecular complexity index is 128. The SMILES string of the molecule is CCCOC(C)(OC=O)OCCC. The minimum absolute atomic E-state index is 0.339. The first-order valence-electron chi connectivity index (χ1n) is 4.58. The van der Waals surface area contributed by atoms with Gasteiger partial charge in [-0.05, 0) is 12.8 Å². The lowest BCUT2D eigenvalue weighted by Crippen LogP contribution is -2.36. The Hall–Kier alpha value is -0.610. The van der Waals surface area contributed by atoms with Gasteiger partial charge >= 0.3 is 5.97 Å². The van der Waals surface area contributed by atoms with Crippen LogP contribution >= 0.6 is 0 Å². The van der Waals surface area contributed by atoms with Crippen molar-refractivity contribution in [3.63, 3.8) is 0 Å². The largest absolute Gasteiger partial charge is 0.410 e. The average Bonchev–Trinajstić information content (AvgIpc) is 2.12. The van der Waals surface area contributed by atoms with E-state index in [-0.39, 0.29) is 0 Å². The molecule has 0 aromatic carbocycles. The molecule has 0 aliphatic rings. The molecule has 0 aliphatic heterocycles. The molecule has 0 N–H and O–H groups in total. The molecule has 4 heteroatoms. The predicted molar refractivity (Wildman–Crippen MR) is 48.0 cm³/mol. The van der Waals surface area contributed by atoms with Crippen LogP contribution in [0, 0.1) is 0 Å². The van der Waals surface area contributed by atoms with Gasteiger partial charge in [-0.3, -0.25) is 4.79 Å². The van der Waals surface area contributed by atoms with Crippen molar-refractivity contribution >= 4 is 6.47 Å². The van der Waals surface area contributed by atoms with E-state index < -0.39 is 5.97 Å². The van der Waals surface area contributed by atoms with Gasteiger partial charge < -0.3 is 14.2 Å². The van der Waals surface area contributed by atoms with Gasteiger partial charge in [0.2, 0.25) is 0 Å². The smallest absolute Gasteiger partial charge is 0.326 e. The number of hydrogen-bond donors (Lipinski definition) is 0. The van der Waals surface area contributed by atoms with E-state index in [9.17, 15) is 4.79 Å². The summed E-state index contributed by atoms with van der Waals surface area (Å²) < 4.78 is 15.2. The van der Waals surface area contributed by atoms with Crippen LogP contribution in [0.1, 0.15) is 33.6 Å². The molecule has 13 heavy (non-hydrogen) atoms. The maximum Gasteiger partial charge on any atom is 0.326 e. The molecule has 0 unspecified atom stereocenters. The molecule has 0 aromatic rings. The fourth-order valence-electron chi connectivity index (χ4n) is 0.772. The van der Waals surface area contributed by atoms with Gasteiger partial charge in [0.05, 0.1) is 13.2 Å². The quantitative estimate of drug-likeness (QED) is 0.431. The molecule has 0 saturated heterocycles. The molecular weight excluding hydrogens is 172 g/mol. The topological polar surface area (TPSA) is 44.8 Å². The molecule has 0 radical (unpaired) electrons. The first-order valence-corrected chi connectivity index (χ1v) is 4.58. The van der Waals surface area contributed by atoms with Crippen LogP contribution < -0.4 is 0 Å². The zero-order valence-electron chi connectivity index (χ0n) is 8.54. The molecule has 78 valence electrons. The summed E-state index contributed by atoms with van der Waals surface area (Å²) in [5, 5.41) is 0. The molecule has 0 spiro atoms. The summed E-state index contributed by atoms with van der Waals surface area (Å²) in [6.45, 7) is 6.89. The Morgan fingerprint density at radius 3 is 1.92 bits per heavy atom. The highest BCUT2D eigenvalue weighted by Gasteiger charge is 2.27. The Morgan fingerprint density at radius 1 is 1.15 bits per heavy atom. The first-order chi connectivity index (χ1) is 6.18. The number of carbonyl (C=O) groups excluding carboxylic acids is 1. The van der Waals surface area contributed by atoms with Gasteiger partial charge in [0, 0.05) is 6.92 Å². The van der Waals surface area contributed by atoms with Crippen molar-refractivity contribution in [1.82, 2.24) is 0 Å². The summed E-state index contributed by atoms with van der Waals surface area (Å²) >= 11 is 0. The van der Waals surface area contributed by atoms with Crippen molar-refractivity contribution in [1.29, 1.82) is 0 Å². The van der Waals surface area contributed by atoms with E-state index in [1.165, 1.54) is 0 Å². The van der Waals surface area contributed by atoms with E-state index in [1.807, 2.05) is 13.8 Å². The summed E-state index contributed by atoms with van der Waals surface area (Å²) in [6.07, 6.45) is 1.71. The third-order valence-corrected chi connectivity index (χ3v) is 1.40. The highest BCUT2D eigenvalue weighted by molar-refractivity contribution is 5.37. The number of ether oxygens (including phenoxy) is 3. The van der Waals surface area contributed by atoms with Crippen molar-refractivity contribution in [3.8, 4) is 0 Å². The summed E-state index contributed by atoms with van der Waals surface area (Å²) in [5.41, 5.74) is 0. The van der Waals surface area contributed by atoms with E-state index in [4.69, 9.17) is 14.2 Å². The molecule has 0 fully saturated rings. The highest BCUT2D eigenvalue weighted by atomic mass is 16.9. The van der Waals surface area contributed by atoms with Crippen molar-refractivity contribution in [2.24, 2.45) is 0 Å². The molecular formula is C9H18O4. The number of carbonyl (C=O) groups is 1. The Kier molecular flexibility index (Phi) is 6.54. The van der Waals surface area contributed by atoms with Crippen LogP contribution in [-0.2, 0) is 19.0 Å². The molecule has 4 nitrogen and oxygen atoms in total. The van der Waals surface area contributed by atoms with Crippen LogP contribution in [0.25, 0.3) is 0 Å². The van der Waals surface area contributed by atoms with Crippen molar-refractivity contribution in [3.05, 3.63) is 0 Å². The van der Waals surface area contributed by atoms with Crippen LogP contribution in [0.15, 0.2) is 0 Å². The maximum atomic E-state index is 10.2. The van der Waals surface area contributed by atoms with Crippen molar-refractivity contribution in [2.75, 3.05) is 13.2 Å². The van der Waals surface area contributed by atoms with Gasteiger partial charge in [0.1, 0.15) is 0 Å². The monoisotopic (exact) mass is 190 g/mol. The second kappa shape index (κ2) is 6.86. The Balaban J connectivity index is 3.90. The number of rotatable bonds is 8. The van der Waals surface area contributed by atoms with E-state index in [0.29, 0.717) is 19.7 Å². The van der Waals surface area contributed by atoms with Crippen LogP contribution in [0.5, 0.6) is 0 Å². The van der Waals surface area contributed by atoms with Crippen LogP contribution in [0.3, 0.4) is 0 Å². The fourth-order valence-corrected chi connectivity index (χ4v) is 0.772. The van der Waals surface area contributed by atoms with Gasteiger partial charge in [-0.25, -0.2) is 0 Å². The van der Waals surface area contributed by atoms with Gasteiger partial charge in [-0.1, -0.05) is 13.8 Å². The second-order valence-electron chi connectivity index (χ2n) is 2.77. The van der Waals surface area contributed by atoms with Crippen molar-refractivity contribution in [2.45, 2.75) is 39.6 Å². The summed E-state index contributed by atoms with van der Waals surface area (Å²) in [7, 11) is 0. The molecule has 0 saturated carbocycles. The van der Waals surface area contributed by atoms with Gasteiger partial charge in [0.25, 0.3) is 6.47 Å². The van der Waals surface area contributed by atoms with Crippen LogP contribution in [-0.4, -0.2) is 25.7 Å². The third kappa shape index (κ3) is 5.60.